The lowest BCUT2D eigenvalue weighted by atomic mass is 10.2. The molecule has 24 heavy (non-hydrogen) atoms. The van der Waals surface area contributed by atoms with Gasteiger partial charge in [-0.1, -0.05) is 17.8 Å². The van der Waals surface area contributed by atoms with Crippen molar-refractivity contribution in [2.45, 2.75) is 5.16 Å². The van der Waals surface area contributed by atoms with Gasteiger partial charge in [-0.25, -0.2) is 9.97 Å². The number of hydrogen-bond donors (Lipinski definition) is 0. The van der Waals surface area contributed by atoms with Crippen LogP contribution in [0.1, 0.15) is 15.9 Å². The topological polar surface area (TPSA) is 73.1 Å². The molecular weight excluding hydrogens is 322 g/mol. The average Bonchev–Trinajstić information content (AvgIpc) is 2.65. The van der Waals surface area contributed by atoms with Crippen LogP contribution in [0.2, 0.25) is 0 Å². The maximum Gasteiger partial charge on any atom is 0.189 e. The largest absolute Gasteiger partial charge is 0.373 e. The van der Waals surface area contributed by atoms with Crippen molar-refractivity contribution in [3.05, 3.63) is 41.6 Å². The van der Waals surface area contributed by atoms with Crippen LogP contribution in [0.15, 0.2) is 35.6 Å². The first kappa shape index (κ1) is 17.8. The number of anilines is 2. The van der Waals surface area contributed by atoms with Crippen LogP contribution in [0.5, 0.6) is 0 Å². The van der Waals surface area contributed by atoms with Gasteiger partial charge in [0.05, 0.1) is 17.2 Å². The fraction of sp³-hybridized carbons (Fsp3) is 0.294. The summed E-state index contributed by atoms with van der Waals surface area (Å²) in [6, 6.07) is 9.62. The predicted molar refractivity (Wildman–Crippen MR) is 96.9 cm³/mol. The Morgan fingerprint density at radius 3 is 2.71 bits per heavy atom. The van der Waals surface area contributed by atoms with E-state index in [2.05, 4.69) is 20.9 Å². The smallest absolute Gasteiger partial charge is 0.189 e. The van der Waals surface area contributed by atoms with Crippen LogP contribution >= 0.6 is 11.8 Å². The molecule has 0 saturated heterocycles. The summed E-state index contributed by atoms with van der Waals surface area (Å²) < 4.78 is 0. The molecule has 0 radical (unpaired) electrons. The molecule has 0 spiro atoms. The van der Waals surface area contributed by atoms with Gasteiger partial charge in [-0.3, -0.25) is 4.79 Å². The van der Waals surface area contributed by atoms with E-state index in [9.17, 15) is 4.79 Å². The first-order valence-electron chi connectivity index (χ1n) is 7.37. The minimum absolute atomic E-state index is 0.476. The van der Waals surface area contributed by atoms with Gasteiger partial charge in [0.1, 0.15) is 5.82 Å². The average molecular weight is 341 g/mol. The van der Waals surface area contributed by atoms with Crippen LogP contribution in [-0.2, 0) is 0 Å². The van der Waals surface area contributed by atoms with Gasteiger partial charge in [-0.2, -0.15) is 5.26 Å². The van der Waals surface area contributed by atoms with Crippen molar-refractivity contribution in [1.29, 1.82) is 5.26 Å². The summed E-state index contributed by atoms with van der Waals surface area (Å²) in [5.41, 5.74) is 2.09. The van der Waals surface area contributed by atoms with Gasteiger partial charge in [0, 0.05) is 39.1 Å². The molecule has 0 aliphatic rings. The normalized spacial score (nSPS) is 10.1. The zero-order chi connectivity index (χ0) is 17.5. The summed E-state index contributed by atoms with van der Waals surface area (Å²) in [7, 11) is 3.87. The Kier molecular flexibility index (Phi) is 6.15. The van der Waals surface area contributed by atoms with Gasteiger partial charge >= 0.3 is 0 Å². The second-order valence-electron chi connectivity index (χ2n) is 5.26. The quantitative estimate of drug-likeness (QED) is 0.435. The number of benzene rings is 1. The van der Waals surface area contributed by atoms with Crippen LogP contribution in [0.4, 0.5) is 11.5 Å². The number of hydrogen-bond acceptors (Lipinski definition) is 7. The number of nitriles is 1. The molecule has 2 aromatic rings. The van der Waals surface area contributed by atoms with Gasteiger partial charge in [0.2, 0.25) is 0 Å². The zero-order valence-corrected chi connectivity index (χ0v) is 14.7. The monoisotopic (exact) mass is 341 g/mol. The van der Waals surface area contributed by atoms with Gasteiger partial charge in [-0.15, -0.1) is 0 Å². The molecular formula is C17H19N5OS. The number of carbonyl (C=O) groups excluding carboxylic acids is 1. The van der Waals surface area contributed by atoms with Crippen LogP contribution in [0.3, 0.4) is 0 Å². The Hall–Kier alpha value is -2.59. The summed E-state index contributed by atoms with van der Waals surface area (Å²) in [6.45, 7) is 1.40. The third-order valence-corrected chi connectivity index (χ3v) is 4.19. The zero-order valence-electron chi connectivity index (χ0n) is 13.9. The summed E-state index contributed by atoms with van der Waals surface area (Å²) in [5.74, 6) is 0.628. The molecule has 0 saturated carbocycles. The van der Waals surface area contributed by atoms with Gasteiger partial charge < -0.3 is 9.80 Å². The van der Waals surface area contributed by atoms with E-state index in [1.165, 1.54) is 11.8 Å². The number of nitrogens with zero attached hydrogens (tertiary/aromatic N) is 5. The molecule has 0 fully saturated rings. The highest BCUT2D eigenvalue weighted by Crippen LogP contribution is 2.19. The van der Waals surface area contributed by atoms with E-state index in [0.717, 1.165) is 18.5 Å². The van der Waals surface area contributed by atoms with Crippen molar-refractivity contribution in [3.63, 3.8) is 0 Å². The third kappa shape index (κ3) is 4.24. The minimum Gasteiger partial charge on any atom is -0.373 e. The summed E-state index contributed by atoms with van der Waals surface area (Å²) in [6.07, 6.45) is 4.23. The molecule has 0 aliphatic carbocycles. The fourth-order valence-electron chi connectivity index (χ4n) is 2.20. The maximum absolute atomic E-state index is 11.2. The molecule has 0 atom stereocenters. The molecule has 0 aliphatic heterocycles. The number of thioether (sulfide) groups is 1. The Balaban J connectivity index is 2.08. The SMILES string of the molecule is CSc1ncc(C=O)c(N(C)CCN(C)c2cccc(C#N)c2)n1. The van der Waals surface area contributed by atoms with E-state index in [4.69, 9.17) is 5.26 Å². The van der Waals surface area contributed by atoms with E-state index in [1.54, 1.807) is 12.3 Å². The lowest BCUT2D eigenvalue weighted by Crippen LogP contribution is -2.31. The first-order valence-corrected chi connectivity index (χ1v) is 8.60. The Morgan fingerprint density at radius 2 is 2.04 bits per heavy atom. The number of rotatable bonds is 7. The summed E-state index contributed by atoms with van der Waals surface area (Å²) in [5, 5.41) is 9.63. The van der Waals surface area contributed by atoms with Crippen molar-refractivity contribution in [2.24, 2.45) is 0 Å². The van der Waals surface area contributed by atoms with E-state index in [-0.39, 0.29) is 0 Å². The van der Waals surface area contributed by atoms with Crippen molar-refractivity contribution < 1.29 is 4.79 Å². The van der Waals surface area contributed by atoms with Gasteiger partial charge in [0.25, 0.3) is 0 Å². The van der Waals surface area contributed by atoms with Crippen molar-refractivity contribution in [1.82, 2.24) is 9.97 Å². The molecule has 1 aromatic heterocycles. The lowest BCUT2D eigenvalue weighted by Gasteiger charge is -2.25. The Morgan fingerprint density at radius 1 is 1.29 bits per heavy atom. The standard InChI is InChI=1S/C17H19N5OS/c1-21(15-6-4-5-13(9-15)10-18)7-8-22(2)16-14(12-23)11-19-17(20-16)24-3/h4-6,9,11-12H,7-8H2,1-3H3. The summed E-state index contributed by atoms with van der Waals surface area (Å²) in [4.78, 5) is 23.8. The molecule has 2 rings (SSSR count). The number of carbonyl (C=O) groups is 1. The maximum atomic E-state index is 11.2. The molecule has 0 N–H and O–H groups in total. The number of aldehydes is 1. The van der Waals surface area contributed by atoms with Crippen LogP contribution in [0.25, 0.3) is 0 Å². The minimum atomic E-state index is 0.476. The molecule has 124 valence electrons. The van der Waals surface area contributed by atoms with Crippen LogP contribution in [-0.4, -0.2) is 49.7 Å². The van der Waals surface area contributed by atoms with E-state index >= 15 is 0 Å². The second-order valence-corrected chi connectivity index (χ2v) is 6.03. The molecule has 6 nitrogen and oxygen atoms in total. The molecule has 0 unspecified atom stereocenters. The molecule has 7 heteroatoms. The van der Waals surface area contributed by atoms with Gasteiger partial charge in [-0.05, 0) is 24.5 Å². The highest BCUT2D eigenvalue weighted by atomic mass is 32.2. The number of likely N-dealkylation sites (N-methyl/N-ethyl adjacent to an activating group) is 2. The van der Waals surface area contributed by atoms with E-state index in [1.807, 2.05) is 43.5 Å². The number of aromatic nitrogens is 2. The lowest BCUT2D eigenvalue weighted by molar-refractivity contribution is 0.112. The Bertz CT molecular complexity index is 759. The molecule has 1 heterocycles. The molecule has 0 amide bonds. The van der Waals surface area contributed by atoms with E-state index in [0.29, 0.717) is 28.6 Å². The van der Waals surface area contributed by atoms with Crippen LogP contribution < -0.4 is 9.80 Å². The summed E-state index contributed by atoms with van der Waals surface area (Å²) >= 11 is 1.44. The van der Waals surface area contributed by atoms with Crippen molar-refractivity contribution >= 4 is 29.6 Å². The second kappa shape index (κ2) is 8.31. The van der Waals surface area contributed by atoms with Crippen LogP contribution in [0, 0.1) is 11.3 Å². The predicted octanol–water partition coefficient (Wildman–Crippen LogP) is 2.46. The van der Waals surface area contributed by atoms with E-state index < -0.39 is 0 Å². The fourth-order valence-corrected chi connectivity index (χ4v) is 2.54. The highest BCUT2D eigenvalue weighted by molar-refractivity contribution is 7.98. The highest BCUT2D eigenvalue weighted by Gasteiger charge is 2.12. The molecule has 0 bridgehead atoms. The first-order chi connectivity index (χ1) is 11.6. The molecule has 1 aromatic carbocycles. The third-order valence-electron chi connectivity index (χ3n) is 3.63. The van der Waals surface area contributed by atoms with Crippen molar-refractivity contribution in [3.8, 4) is 6.07 Å². The van der Waals surface area contributed by atoms with Gasteiger partial charge in [0.15, 0.2) is 11.4 Å². The Labute approximate surface area is 146 Å². The van der Waals surface area contributed by atoms with Crippen molar-refractivity contribution in [2.75, 3.05) is 43.2 Å².